The van der Waals surface area contributed by atoms with Gasteiger partial charge in [0.2, 0.25) is 0 Å². The Hall–Kier alpha value is -3.50. The second-order valence-electron chi connectivity index (χ2n) is 9.71. The topological polar surface area (TPSA) is 96.5 Å². The van der Waals surface area contributed by atoms with E-state index in [0.29, 0.717) is 23.1 Å². The minimum absolute atomic E-state index is 0.0877. The normalized spacial score (nSPS) is 19.5. The molecule has 0 spiro atoms. The number of nitro benzene ring substituents is 1. The lowest BCUT2D eigenvalue weighted by Crippen LogP contribution is -2.36. The highest BCUT2D eigenvalue weighted by atomic mass is 16.6. The summed E-state index contributed by atoms with van der Waals surface area (Å²) in [5.41, 5.74) is 4.37. The van der Waals surface area contributed by atoms with E-state index in [4.69, 9.17) is 4.74 Å². The molecule has 0 atom stereocenters. The summed E-state index contributed by atoms with van der Waals surface area (Å²) < 4.78 is 6.16. The summed E-state index contributed by atoms with van der Waals surface area (Å²) >= 11 is 0. The van der Waals surface area contributed by atoms with E-state index in [1.54, 1.807) is 12.1 Å². The maximum absolute atomic E-state index is 13.6. The van der Waals surface area contributed by atoms with Crippen LogP contribution in [0.4, 0.5) is 5.69 Å². The number of hydrogen-bond donors (Lipinski definition) is 0. The van der Waals surface area contributed by atoms with Crippen molar-refractivity contribution in [2.75, 3.05) is 20.1 Å². The fourth-order valence-corrected chi connectivity index (χ4v) is 5.38. The number of carbonyl (C=O) groups excluding carboxylic acids is 1. The number of benzene rings is 2. The third kappa shape index (κ3) is 3.33. The molecular formula is C26H25N3O4. The molecule has 5 rings (SSSR count). The van der Waals surface area contributed by atoms with Gasteiger partial charge in [0.05, 0.1) is 16.6 Å². The largest absolute Gasteiger partial charge is 0.483 e. The van der Waals surface area contributed by atoms with Gasteiger partial charge in [0, 0.05) is 35.7 Å². The van der Waals surface area contributed by atoms with Gasteiger partial charge < -0.3 is 9.64 Å². The number of allylic oxidation sites excluding steroid dienone is 2. The SMILES string of the molecule is CN1CCC(Oc2cc3c(cc2[N+](=O)[O-])C(=O)C2=C(Cc4cc(C#N)ccc42)C3(C)C)CC1. The Kier molecular flexibility index (Phi) is 4.87. The summed E-state index contributed by atoms with van der Waals surface area (Å²) in [6, 6.07) is 10.6. The van der Waals surface area contributed by atoms with Crippen LogP contribution in [0, 0.1) is 21.4 Å². The summed E-state index contributed by atoms with van der Waals surface area (Å²) in [7, 11) is 2.05. The molecule has 0 saturated carbocycles. The Balaban J connectivity index is 1.60. The zero-order chi connectivity index (χ0) is 23.5. The molecule has 1 saturated heterocycles. The second-order valence-corrected chi connectivity index (χ2v) is 9.71. The quantitative estimate of drug-likeness (QED) is 0.515. The highest BCUT2D eigenvalue weighted by Crippen LogP contribution is 2.51. The van der Waals surface area contributed by atoms with Crippen molar-refractivity contribution >= 4 is 17.0 Å². The van der Waals surface area contributed by atoms with Crippen molar-refractivity contribution < 1.29 is 14.5 Å². The van der Waals surface area contributed by atoms with Crippen LogP contribution in [0.1, 0.15) is 59.3 Å². The first kappa shape index (κ1) is 21.4. The van der Waals surface area contributed by atoms with E-state index < -0.39 is 10.3 Å². The molecule has 168 valence electrons. The monoisotopic (exact) mass is 443 g/mol. The number of nitrogens with zero attached hydrogens (tertiary/aromatic N) is 3. The zero-order valence-corrected chi connectivity index (χ0v) is 19.0. The lowest BCUT2D eigenvalue weighted by Gasteiger charge is -2.35. The number of carbonyl (C=O) groups is 1. The van der Waals surface area contributed by atoms with Gasteiger partial charge in [-0.1, -0.05) is 19.9 Å². The van der Waals surface area contributed by atoms with Gasteiger partial charge in [0.1, 0.15) is 6.10 Å². The van der Waals surface area contributed by atoms with Crippen molar-refractivity contribution in [3.8, 4) is 11.8 Å². The maximum Gasteiger partial charge on any atom is 0.311 e. The molecule has 7 heteroatoms. The molecule has 0 radical (unpaired) electrons. The van der Waals surface area contributed by atoms with Crippen LogP contribution >= 0.6 is 0 Å². The molecule has 1 fully saturated rings. The third-order valence-electron chi connectivity index (χ3n) is 7.33. The van der Waals surface area contributed by atoms with E-state index in [9.17, 15) is 20.2 Å². The van der Waals surface area contributed by atoms with Gasteiger partial charge in [-0.2, -0.15) is 5.26 Å². The Morgan fingerprint density at radius 3 is 2.58 bits per heavy atom. The van der Waals surface area contributed by atoms with E-state index in [2.05, 4.69) is 31.9 Å². The van der Waals surface area contributed by atoms with Crippen molar-refractivity contribution in [1.29, 1.82) is 5.26 Å². The number of likely N-dealkylation sites (tertiary alicyclic amines) is 1. The van der Waals surface area contributed by atoms with Crippen LogP contribution in [0.5, 0.6) is 5.75 Å². The Labute approximate surface area is 192 Å². The lowest BCUT2D eigenvalue weighted by molar-refractivity contribution is -0.386. The summed E-state index contributed by atoms with van der Waals surface area (Å²) in [5.74, 6) is 0.0391. The van der Waals surface area contributed by atoms with Crippen LogP contribution in [0.15, 0.2) is 35.9 Å². The van der Waals surface area contributed by atoms with Crippen molar-refractivity contribution in [3.05, 3.63) is 73.8 Å². The average Bonchev–Trinajstić information content (AvgIpc) is 3.19. The van der Waals surface area contributed by atoms with Crippen LogP contribution in [-0.2, 0) is 11.8 Å². The zero-order valence-electron chi connectivity index (χ0n) is 19.0. The molecule has 1 aliphatic heterocycles. The summed E-state index contributed by atoms with van der Waals surface area (Å²) in [6.07, 6.45) is 2.11. The Morgan fingerprint density at radius 2 is 1.91 bits per heavy atom. The van der Waals surface area contributed by atoms with Crippen LogP contribution in [0.2, 0.25) is 0 Å². The molecular weight excluding hydrogens is 418 g/mol. The molecule has 0 N–H and O–H groups in total. The first-order chi connectivity index (χ1) is 15.7. The van der Waals surface area contributed by atoms with Gasteiger partial charge in [-0.25, -0.2) is 0 Å². The number of Topliss-reactive ketones (excluding diaryl/α,β-unsaturated/α-hetero) is 1. The third-order valence-corrected chi connectivity index (χ3v) is 7.33. The van der Waals surface area contributed by atoms with Crippen LogP contribution in [0.3, 0.4) is 0 Å². The van der Waals surface area contributed by atoms with Crippen molar-refractivity contribution in [2.45, 2.75) is 44.6 Å². The predicted molar refractivity (Wildman–Crippen MR) is 123 cm³/mol. The van der Waals surface area contributed by atoms with Crippen LogP contribution in [-0.4, -0.2) is 41.8 Å². The Bertz CT molecular complexity index is 1280. The number of fused-ring (bicyclic) bond motifs is 3. The molecule has 1 heterocycles. The van der Waals surface area contributed by atoms with E-state index in [1.165, 1.54) is 6.07 Å². The van der Waals surface area contributed by atoms with E-state index in [0.717, 1.165) is 48.2 Å². The van der Waals surface area contributed by atoms with Crippen molar-refractivity contribution in [3.63, 3.8) is 0 Å². The summed E-state index contributed by atoms with van der Waals surface area (Å²) in [4.78, 5) is 27.3. The van der Waals surface area contributed by atoms with Gasteiger partial charge in [-0.05, 0) is 66.8 Å². The van der Waals surface area contributed by atoms with Gasteiger partial charge >= 0.3 is 5.69 Å². The van der Waals surface area contributed by atoms with Gasteiger partial charge in [0.15, 0.2) is 11.5 Å². The first-order valence-corrected chi connectivity index (χ1v) is 11.2. The minimum Gasteiger partial charge on any atom is -0.483 e. The van der Waals surface area contributed by atoms with E-state index in [1.807, 2.05) is 12.1 Å². The maximum atomic E-state index is 13.6. The molecule has 0 bridgehead atoms. The number of ether oxygens (including phenoxy) is 1. The number of ketones is 1. The Morgan fingerprint density at radius 1 is 1.18 bits per heavy atom. The molecule has 33 heavy (non-hydrogen) atoms. The number of rotatable bonds is 3. The highest BCUT2D eigenvalue weighted by molar-refractivity contribution is 6.33. The summed E-state index contributed by atoms with van der Waals surface area (Å²) in [6.45, 7) is 5.87. The molecule has 0 aromatic heterocycles. The van der Waals surface area contributed by atoms with E-state index >= 15 is 0 Å². The standard InChI is InChI=1S/C26H25N3O4/c1-26(2)20-13-23(33-17-6-8-28(3)9-7-17)22(29(31)32)12-19(20)25(30)24-18-5-4-15(14-27)10-16(18)11-21(24)26/h4-5,10,12-13,17H,6-9,11H2,1-3H3. The molecule has 2 aromatic carbocycles. The summed E-state index contributed by atoms with van der Waals surface area (Å²) in [5, 5.41) is 21.2. The second kappa shape index (κ2) is 7.53. The number of hydrogen-bond acceptors (Lipinski definition) is 6. The molecule has 7 nitrogen and oxygen atoms in total. The molecule has 3 aliphatic rings. The minimum atomic E-state index is -0.509. The molecule has 2 aliphatic carbocycles. The van der Waals surface area contributed by atoms with Crippen molar-refractivity contribution in [2.24, 2.45) is 0 Å². The van der Waals surface area contributed by atoms with Gasteiger partial charge in [0.25, 0.3) is 0 Å². The van der Waals surface area contributed by atoms with Crippen molar-refractivity contribution in [1.82, 2.24) is 4.90 Å². The number of piperidine rings is 1. The van der Waals surface area contributed by atoms with Gasteiger partial charge in [-0.3, -0.25) is 14.9 Å². The van der Waals surface area contributed by atoms with Gasteiger partial charge in [-0.15, -0.1) is 0 Å². The molecule has 0 amide bonds. The first-order valence-electron chi connectivity index (χ1n) is 11.2. The number of nitro groups is 1. The average molecular weight is 444 g/mol. The number of nitriles is 1. The smallest absolute Gasteiger partial charge is 0.311 e. The fraction of sp³-hybridized carbons (Fsp3) is 0.385. The van der Waals surface area contributed by atoms with Crippen LogP contribution < -0.4 is 4.74 Å². The fourth-order valence-electron chi connectivity index (χ4n) is 5.38. The lowest BCUT2D eigenvalue weighted by atomic mass is 9.68. The highest BCUT2D eigenvalue weighted by Gasteiger charge is 2.44. The molecule has 2 aromatic rings. The van der Waals surface area contributed by atoms with Crippen LogP contribution in [0.25, 0.3) is 5.57 Å². The predicted octanol–water partition coefficient (Wildman–Crippen LogP) is 4.42. The van der Waals surface area contributed by atoms with E-state index in [-0.39, 0.29) is 23.3 Å². The molecule has 0 unspecified atom stereocenters.